The second-order valence-corrected chi connectivity index (χ2v) is 9.39. The number of hydrogen-bond donors (Lipinski definition) is 0. The molecule has 0 spiro atoms. The fraction of sp³-hybridized carbons (Fsp3) is 0.292. The van der Waals surface area contributed by atoms with Crippen molar-refractivity contribution in [2.24, 2.45) is 0 Å². The van der Waals surface area contributed by atoms with Crippen molar-refractivity contribution in [3.05, 3.63) is 66.4 Å². The third-order valence-electron chi connectivity index (χ3n) is 5.00. The Kier molecular flexibility index (Phi) is 6.77. The maximum Gasteiger partial charge on any atom is 0.311 e. The van der Waals surface area contributed by atoms with E-state index >= 15 is 0 Å². The minimum Gasteiger partial charge on any atom is -0.425 e. The van der Waals surface area contributed by atoms with E-state index in [-0.39, 0.29) is 10.9 Å². The molecule has 0 bridgehead atoms. The average Bonchev–Trinajstić information content (AvgIpc) is 3.04. The zero-order valence-corrected chi connectivity index (χ0v) is 18.4. The molecule has 0 aliphatic rings. The second kappa shape index (κ2) is 9.30. The van der Waals surface area contributed by atoms with E-state index in [1.165, 1.54) is 6.26 Å². The number of rotatable bonds is 8. The van der Waals surface area contributed by atoms with Crippen LogP contribution in [0, 0.1) is 6.92 Å². The summed E-state index contributed by atoms with van der Waals surface area (Å²) < 4.78 is 31.3. The summed E-state index contributed by atoms with van der Waals surface area (Å²) in [7, 11) is -3.27. The lowest BCUT2D eigenvalue weighted by Crippen LogP contribution is -2.08. The Labute approximate surface area is 178 Å². The largest absolute Gasteiger partial charge is 0.425 e. The SMILES string of the molecule is CCCCCC(=O)Oc1cc(-c2ccc(S(C)(=O)=O)cc2)n(-c2ccccc2)c1C. The van der Waals surface area contributed by atoms with Crippen LogP contribution >= 0.6 is 0 Å². The number of sulfone groups is 1. The minimum absolute atomic E-state index is 0.240. The maximum atomic E-state index is 12.3. The summed E-state index contributed by atoms with van der Waals surface area (Å²) >= 11 is 0. The molecule has 0 saturated heterocycles. The molecule has 0 radical (unpaired) electrons. The predicted molar refractivity (Wildman–Crippen MR) is 119 cm³/mol. The van der Waals surface area contributed by atoms with Gasteiger partial charge in [0.1, 0.15) is 0 Å². The van der Waals surface area contributed by atoms with E-state index in [2.05, 4.69) is 6.92 Å². The van der Waals surface area contributed by atoms with E-state index in [0.717, 1.165) is 41.9 Å². The molecule has 0 aliphatic heterocycles. The van der Waals surface area contributed by atoms with E-state index in [9.17, 15) is 13.2 Å². The Bertz CT molecular complexity index is 1110. The number of carbonyl (C=O) groups is 1. The van der Waals surface area contributed by atoms with Crippen molar-refractivity contribution < 1.29 is 17.9 Å². The summed E-state index contributed by atoms with van der Waals surface area (Å²) in [6.45, 7) is 4.01. The minimum atomic E-state index is -3.27. The Morgan fingerprint density at radius 3 is 2.27 bits per heavy atom. The van der Waals surface area contributed by atoms with Crippen molar-refractivity contribution in [2.75, 3.05) is 6.26 Å². The number of para-hydroxylation sites is 1. The molecule has 158 valence electrons. The molecule has 0 N–H and O–H groups in total. The molecule has 30 heavy (non-hydrogen) atoms. The van der Waals surface area contributed by atoms with Crippen LogP contribution in [0.25, 0.3) is 16.9 Å². The average molecular weight is 426 g/mol. The lowest BCUT2D eigenvalue weighted by Gasteiger charge is -2.12. The van der Waals surface area contributed by atoms with Gasteiger partial charge in [-0.25, -0.2) is 8.42 Å². The molecule has 1 aromatic heterocycles. The van der Waals surface area contributed by atoms with Crippen molar-refractivity contribution in [3.63, 3.8) is 0 Å². The van der Waals surface area contributed by atoms with E-state index in [0.29, 0.717) is 12.2 Å². The first kappa shape index (κ1) is 21.8. The van der Waals surface area contributed by atoms with Gasteiger partial charge in [0.25, 0.3) is 0 Å². The molecule has 3 aromatic rings. The molecule has 0 amide bonds. The van der Waals surface area contributed by atoms with Crippen LogP contribution in [0.15, 0.2) is 65.6 Å². The standard InChI is InChI=1S/C24H27NO4S/c1-4-5-7-12-24(26)29-23-17-22(19-13-15-21(16-14-19)30(3,27)28)25(18(23)2)20-10-8-6-9-11-20/h6,8-11,13-17H,4-5,7,12H2,1-3H3. The number of nitrogens with zero attached hydrogens (tertiary/aromatic N) is 1. The van der Waals surface area contributed by atoms with Crippen LogP contribution in [0.1, 0.15) is 38.3 Å². The van der Waals surface area contributed by atoms with Crippen LogP contribution in [0.5, 0.6) is 5.75 Å². The van der Waals surface area contributed by atoms with Gasteiger partial charge in [-0.15, -0.1) is 0 Å². The zero-order chi connectivity index (χ0) is 21.7. The van der Waals surface area contributed by atoms with Crippen molar-refractivity contribution >= 4 is 15.8 Å². The molecule has 6 heteroatoms. The Morgan fingerprint density at radius 1 is 1.00 bits per heavy atom. The van der Waals surface area contributed by atoms with E-state index < -0.39 is 9.84 Å². The summed E-state index contributed by atoms with van der Waals surface area (Å²) in [5.41, 5.74) is 3.41. The number of aromatic nitrogens is 1. The Hall–Kier alpha value is -2.86. The monoisotopic (exact) mass is 425 g/mol. The molecule has 0 unspecified atom stereocenters. The quantitative estimate of drug-likeness (QED) is 0.361. The first-order valence-corrected chi connectivity index (χ1v) is 12.0. The lowest BCUT2D eigenvalue weighted by atomic mass is 10.1. The van der Waals surface area contributed by atoms with E-state index in [4.69, 9.17) is 4.74 Å². The maximum absolute atomic E-state index is 12.3. The summed E-state index contributed by atoms with van der Waals surface area (Å²) in [6.07, 6.45) is 4.44. The fourth-order valence-corrected chi connectivity index (χ4v) is 4.01. The number of hydrogen-bond acceptors (Lipinski definition) is 4. The van der Waals surface area contributed by atoms with E-state index in [1.54, 1.807) is 24.3 Å². The van der Waals surface area contributed by atoms with Crippen molar-refractivity contribution in [3.8, 4) is 22.7 Å². The molecule has 0 fully saturated rings. The molecular weight excluding hydrogens is 398 g/mol. The van der Waals surface area contributed by atoms with Crippen molar-refractivity contribution in [2.45, 2.75) is 44.4 Å². The molecule has 1 heterocycles. The zero-order valence-electron chi connectivity index (χ0n) is 17.6. The van der Waals surface area contributed by atoms with Crippen molar-refractivity contribution in [1.82, 2.24) is 4.57 Å². The van der Waals surface area contributed by atoms with Crippen LogP contribution in [0.2, 0.25) is 0 Å². The van der Waals surface area contributed by atoms with Gasteiger partial charge in [0, 0.05) is 24.4 Å². The predicted octanol–water partition coefficient (Wildman–Crippen LogP) is 5.34. The third-order valence-corrected chi connectivity index (χ3v) is 6.13. The number of ether oxygens (including phenoxy) is 1. The molecule has 5 nitrogen and oxygen atoms in total. The van der Waals surface area contributed by atoms with Crippen molar-refractivity contribution in [1.29, 1.82) is 0 Å². The summed E-state index contributed by atoms with van der Waals surface area (Å²) in [5.74, 6) is 0.276. The number of carbonyl (C=O) groups excluding carboxylic acids is 1. The van der Waals surface area contributed by atoms with Crippen LogP contribution in [-0.2, 0) is 14.6 Å². The van der Waals surface area contributed by atoms with Gasteiger partial charge in [-0.1, -0.05) is 50.1 Å². The van der Waals surface area contributed by atoms with Crippen LogP contribution < -0.4 is 4.74 Å². The second-order valence-electron chi connectivity index (χ2n) is 7.38. The topological polar surface area (TPSA) is 65.4 Å². The molecule has 0 aliphatic carbocycles. The number of esters is 1. The fourth-order valence-electron chi connectivity index (χ4n) is 3.38. The smallest absolute Gasteiger partial charge is 0.311 e. The van der Waals surface area contributed by atoms with Crippen LogP contribution in [0.3, 0.4) is 0 Å². The number of unbranched alkanes of at least 4 members (excludes halogenated alkanes) is 2. The number of benzene rings is 2. The lowest BCUT2D eigenvalue weighted by molar-refractivity contribution is -0.134. The molecule has 3 rings (SSSR count). The highest BCUT2D eigenvalue weighted by Crippen LogP contribution is 2.34. The highest BCUT2D eigenvalue weighted by molar-refractivity contribution is 7.90. The molecular formula is C24H27NO4S. The molecule has 0 atom stereocenters. The van der Waals surface area contributed by atoms with Gasteiger partial charge < -0.3 is 9.30 Å². The molecule has 0 saturated carbocycles. The molecule has 2 aromatic carbocycles. The summed E-state index contributed by atoms with van der Waals surface area (Å²) in [6, 6.07) is 18.4. The van der Waals surface area contributed by atoms with Gasteiger partial charge in [0.05, 0.1) is 16.3 Å². The van der Waals surface area contributed by atoms with Gasteiger partial charge in [-0.2, -0.15) is 0 Å². The first-order valence-electron chi connectivity index (χ1n) is 10.1. The van der Waals surface area contributed by atoms with Gasteiger partial charge >= 0.3 is 5.97 Å². The van der Waals surface area contributed by atoms with Gasteiger partial charge in [-0.3, -0.25) is 4.79 Å². The van der Waals surface area contributed by atoms with Gasteiger partial charge in [-0.05, 0) is 43.2 Å². The Morgan fingerprint density at radius 2 is 1.67 bits per heavy atom. The van der Waals surface area contributed by atoms with Gasteiger partial charge in [0.15, 0.2) is 15.6 Å². The normalized spacial score (nSPS) is 11.4. The van der Waals surface area contributed by atoms with E-state index in [1.807, 2.05) is 47.9 Å². The first-order chi connectivity index (χ1) is 14.3. The van der Waals surface area contributed by atoms with Crippen LogP contribution in [0.4, 0.5) is 0 Å². The summed E-state index contributed by atoms with van der Waals surface area (Å²) in [4.78, 5) is 12.6. The highest BCUT2D eigenvalue weighted by Gasteiger charge is 2.18. The van der Waals surface area contributed by atoms with Crippen LogP contribution in [-0.4, -0.2) is 25.2 Å². The Balaban J connectivity index is 2.02. The summed E-state index contributed by atoms with van der Waals surface area (Å²) in [5, 5.41) is 0. The van der Waals surface area contributed by atoms with Gasteiger partial charge in [0.2, 0.25) is 0 Å². The highest BCUT2D eigenvalue weighted by atomic mass is 32.2. The third kappa shape index (κ3) is 5.00.